The van der Waals surface area contributed by atoms with Crippen LogP contribution >= 0.6 is 0 Å². The Morgan fingerprint density at radius 3 is 2.76 bits per heavy atom. The van der Waals surface area contributed by atoms with Gasteiger partial charge in [0, 0.05) is 25.6 Å². The van der Waals surface area contributed by atoms with Crippen LogP contribution in [0.1, 0.15) is 70.3 Å². The van der Waals surface area contributed by atoms with E-state index in [0.29, 0.717) is 5.56 Å². The van der Waals surface area contributed by atoms with Gasteiger partial charge in [0.2, 0.25) is 0 Å². The van der Waals surface area contributed by atoms with E-state index in [4.69, 9.17) is 9.73 Å². The van der Waals surface area contributed by atoms with Gasteiger partial charge in [-0.25, -0.2) is 4.99 Å². The Hall–Kier alpha value is -2.02. The number of ether oxygens (including phenoxy) is 1. The predicted octanol–water partition coefficient (Wildman–Crippen LogP) is 5.44. The molecule has 0 amide bonds. The van der Waals surface area contributed by atoms with Crippen LogP contribution in [0, 0.1) is 11.3 Å². The largest absolute Gasteiger partial charge is 0.497 e. The first-order valence-corrected chi connectivity index (χ1v) is 9.69. The van der Waals surface area contributed by atoms with Crippen molar-refractivity contribution in [2.75, 3.05) is 20.2 Å². The van der Waals surface area contributed by atoms with Crippen LogP contribution in [0.2, 0.25) is 0 Å². The minimum absolute atomic E-state index is 0.612. The van der Waals surface area contributed by atoms with Gasteiger partial charge in [0.15, 0.2) is 0 Å². The summed E-state index contributed by atoms with van der Waals surface area (Å²) in [6.07, 6.45) is 11.1. The number of hydrogen-bond acceptors (Lipinski definition) is 3. The lowest BCUT2D eigenvalue weighted by Crippen LogP contribution is -2.31. The molecule has 0 N–H and O–H groups in total. The summed E-state index contributed by atoms with van der Waals surface area (Å²) >= 11 is 0. The summed E-state index contributed by atoms with van der Waals surface area (Å²) in [5.41, 5.74) is 1.34. The average Bonchev–Trinajstić information content (AvgIpc) is 2.86. The molecule has 0 aromatic heterocycles. The van der Waals surface area contributed by atoms with Crippen molar-refractivity contribution in [2.24, 2.45) is 4.99 Å². The molecule has 4 heteroatoms. The number of likely N-dealkylation sites (tertiary alicyclic amines) is 1. The predicted molar refractivity (Wildman–Crippen MR) is 104 cm³/mol. The summed E-state index contributed by atoms with van der Waals surface area (Å²) < 4.78 is 5.31. The van der Waals surface area contributed by atoms with Gasteiger partial charge in [-0.1, -0.05) is 39.0 Å². The quantitative estimate of drug-likeness (QED) is 0.591. The van der Waals surface area contributed by atoms with E-state index in [-0.39, 0.29) is 0 Å². The van der Waals surface area contributed by atoms with Crippen molar-refractivity contribution in [3.63, 3.8) is 0 Å². The van der Waals surface area contributed by atoms with Crippen LogP contribution in [-0.2, 0) is 0 Å². The fourth-order valence-electron chi connectivity index (χ4n) is 3.29. The summed E-state index contributed by atoms with van der Waals surface area (Å²) in [4.78, 5) is 7.34. The van der Waals surface area contributed by atoms with Crippen LogP contribution in [0.4, 0.5) is 5.69 Å². The topological polar surface area (TPSA) is 48.6 Å². The lowest BCUT2D eigenvalue weighted by molar-refractivity contribution is 0.396. The van der Waals surface area contributed by atoms with Crippen molar-refractivity contribution in [3.8, 4) is 11.8 Å². The maximum Gasteiger partial charge on any atom is 0.121 e. The van der Waals surface area contributed by atoms with E-state index in [1.807, 2.05) is 12.1 Å². The van der Waals surface area contributed by atoms with E-state index < -0.39 is 0 Å². The number of nitriles is 1. The van der Waals surface area contributed by atoms with Crippen LogP contribution < -0.4 is 4.74 Å². The number of methoxy groups -OCH3 is 1. The molecule has 1 fully saturated rings. The van der Waals surface area contributed by atoms with Crippen molar-refractivity contribution in [3.05, 3.63) is 23.8 Å². The van der Waals surface area contributed by atoms with Crippen LogP contribution in [-0.4, -0.2) is 30.9 Å². The van der Waals surface area contributed by atoms with E-state index in [1.54, 1.807) is 13.2 Å². The summed E-state index contributed by atoms with van der Waals surface area (Å²) in [6.45, 7) is 4.41. The highest BCUT2D eigenvalue weighted by molar-refractivity contribution is 5.86. The molecule has 4 nitrogen and oxygen atoms in total. The Bertz CT molecular complexity index is 604. The van der Waals surface area contributed by atoms with Gasteiger partial charge in [-0.3, -0.25) is 0 Å². The second-order valence-corrected chi connectivity index (χ2v) is 6.73. The Morgan fingerprint density at radius 1 is 1.16 bits per heavy atom. The molecule has 0 saturated carbocycles. The first-order chi connectivity index (χ1) is 12.3. The number of nitrogens with zero attached hydrogens (tertiary/aromatic N) is 3. The monoisotopic (exact) mass is 341 g/mol. The molecule has 0 spiro atoms. The molecule has 0 aliphatic carbocycles. The fourth-order valence-corrected chi connectivity index (χ4v) is 3.29. The molecule has 136 valence electrons. The third-order valence-electron chi connectivity index (χ3n) is 4.80. The lowest BCUT2D eigenvalue weighted by atomic mass is 10.1. The van der Waals surface area contributed by atoms with Gasteiger partial charge in [0.1, 0.15) is 17.7 Å². The smallest absolute Gasteiger partial charge is 0.121 e. The fraction of sp³-hybridized carbons (Fsp3) is 0.619. The zero-order valence-electron chi connectivity index (χ0n) is 15.8. The molecule has 0 unspecified atom stereocenters. The van der Waals surface area contributed by atoms with Gasteiger partial charge in [0.25, 0.3) is 0 Å². The zero-order chi connectivity index (χ0) is 17.9. The highest BCUT2D eigenvalue weighted by atomic mass is 16.5. The van der Waals surface area contributed by atoms with Gasteiger partial charge in [-0.05, 0) is 31.4 Å². The molecule has 0 atom stereocenters. The van der Waals surface area contributed by atoms with Gasteiger partial charge >= 0.3 is 0 Å². The van der Waals surface area contributed by atoms with Gasteiger partial charge < -0.3 is 9.64 Å². The zero-order valence-corrected chi connectivity index (χ0v) is 15.8. The Morgan fingerprint density at radius 2 is 2.00 bits per heavy atom. The standard InChI is InChI=1S/C21H31N3O/c1-3-4-5-6-9-14-24-15-10-7-8-11-21(24)23-20-16-19(25-2)13-12-18(20)17-22/h12-13,16H,3-11,14-15H2,1-2H3/b23-21-. The molecule has 0 bridgehead atoms. The number of amidine groups is 1. The third-order valence-corrected chi connectivity index (χ3v) is 4.80. The molecule has 1 aromatic carbocycles. The van der Waals surface area contributed by atoms with E-state index in [2.05, 4.69) is 17.9 Å². The van der Waals surface area contributed by atoms with Crippen LogP contribution in [0.3, 0.4) is 0 Å². The second-order valence-electron chi connectivity index (χ2n) is 6.73. The molecule has 1 aliphatic heterocycles. The third kappa shape index (κ3) is 6.08. The van der Waals surface area contributed by atoms with E-state index in [1.165, 1.54) is 51.4 Å². The Kier molecular flexibility index (Phi) is 8.31. The lowest BCUT2D eigenvalue weighted by Gasteiger charge is -2.24. The average molecular weight is 341 g/mol. The highest BCUT2D eigenvalue weighted by Crippen LogP contribution is 2.26. The number of benzene rings is 1. The van der Waals surface area contributed by atoms with Crippen LogP contribution in [0.15, 0.2) is 23.2 Å². The normalized spacial score (nSPS) is 16.5. The molecule has 1 saturated heterocycles. The van der Waals surface area contributed by atoms with Crippen LogP contribution in [0.5, 0.6) is 5.75 Å². The number of rotatable bonds is 8. The SMILES string of the molecule is CCCCCCCN1CCCCC/C1=N/c1cc(OC)ccc1C#N. The molecule has 1 aliphatic rings. The van der Waals surface area contributed by atoms with Crippen molar-refractivity contribution in [1.29, 1.82) is 5.26 Å². The van der Waals surface area contributed by atoms with Crippen LogP contribution in [0.25, 0.3) is 0 Å². The Labute approximate surface area is 152 Å². The number of unbranched alkanes of at least 4 members (excludes halogenated alkanes) is 4. The molecular formula is C21H31N3O. The molecule has 1 heterocycles. The van der Waals surface area contributed by atoms with Crippen molar-refractivity contribution in [2.45, 2.75) is 64.7 Å². The second kappa shape index (κ2) is 10.8. The molecule has 1 aromatic rings. The summed E-state index contributed by atoms with van der Waals surface area (Å²) in [5.74, 6) is 1.89. The molecule has 2 rings (SSSR count). The van der Waals surface area contributed by atoms with Gasteiger partial charge in [0.05, 0.1) is 18.4 Å². The molecule has 0 radical (unpaired) electrons. The minimum atomic E-state index is 0.612. The first-order valence-electron chi connectivity index (χ1n) is 9.69. The summed E-state index contributed by atoms with van der Waals surface area (Å²) in [5, 5.41) is 9.38. The van der Waals surface area contributed by atoms with E-state index in [0.717, 1.165) is 36.8 Å². The number of hydrogen-bond donors (Lipinski definition) is 0. The maximum absolute atomic E-state index is 9.38. The number of aliphatic imine (C=N–C) groups is 1. The summed E-state index contributed by atoms with van der Waals surface area (Å²) in [7, 11) is 1.65. The van der Waals surface area contributed by atoms with Crippen molar-refractivity contribution < 1.29 is 4.74 Å². The van der Waals surface area contributed by atoms with E-state index in [9.17, 15) is 5.26 Å². The molecular weight excluding hydrogens is 310 g/mol. The van der Waals surface area contributed by atoms with Gasteiger partial charge in [-0.2, -0.15) is 5.26 Å². The van der Waals surface area contributed by atoms with Crippen molar-refractivity contribution >= 4 is 11.5 Å². The maximum atomic E-state index is 9.38. The van der Waals surface area contributed by atoms with Gasteiger partial charge in [-0.15, -0.1) is 0 Å². The van der Waals surface area contributed by atoms with E-state index >= 15 is 0 Å². The Balaban J connectivity index is 2.14. The summed E-state index contributed by atoms with van der Waals surface area (Å²) in [6, 6.07) is 7.74. The first kappa shape index (κ1) is 19.3. The minimum Gasteiger partial charge on any atom is -0.497 e. The van der Waals surface area contributed by atoms with Crippen molar-refractivity contribution in [1.82, 2.24) is 4.90 Å². The highest BCUT2D eigenvalue weighted by Gasteiger charge is 2.16. The molecule has 25 heavy (non-hydrogen) atoms.